The van der Waals surface area contributed by atoms with Crippen LogP contribution >= 0.6 is 0 Å². The smallest absolute Gasteiger partial charge is 0.356 e. The molecule has 1 amide bonds. The normalized spacial score (nSPS) is 11.4. The predicted molar refractivity (Wildman–Crippen MR) is 94.0 cm³/mol. The van der Waals surface area contributed by atoms with E-state index in [-0.39, 0.29) is 12.3 Å². The lowest BCUT2D eigenvalue weighted by molar-refractivity contribution is -0.137. The topological polar surface area (TPSA) is 80.9 Å². The number of rotatable bonds is 7. The first-order valence-electron chi connectivity index (χ1n) is 8.57. The van der Waals surface area contributed by atoms with Gasteiger partial charge in [0.25, 0.3) is 0 Å². The van der Waals surface area contributed by atoms with Crippen LogP contribution in [0.5, 0.6) is 0 Å². The molecule has 0 unspecified atom stereocenters. The molecule has 2 heterocycles. The second-order valence-electron chi connectivity index (χ2n) is 6.04. The Morgan fingerprint density at radius 1 is 1.04 bits per heavy atom. The van der Waals surface area contributed by atoms with Crippen molar-refractivity contribution in [2.24, 2.45) is 0 Å². The monoisotopic (exact) mass is 390 g/mol. The van der Waals surface area contributed by atoms with Gasteiger partial charge in [0.05, 0.1) is 5.56 Å². The van der Waals surface area contributed by atoms with Gasteiger partial charge in [0.15, 0.2) is 0 Å². The van der Waals surface area contributed by atoms with E-state index in [0.717, 1.165) is 17.7 Å². The molecule has 0 atom stereocenters. The Balaban J connectivity index is 1.41. The van der Waals surface area contributed by atoms with E-state index in [4.69, 9.17) is 4.52 Å². The molecule has 0 spiro atoms. The number of halogens is 3. The van der Waals surface area contributed by atoms with Crippen LogP contribution in [0.1, 0.15) is 23.4 Å². The van der Waals surface area contributed by atoms with Crippen molar-refractivity contribution in [2.45, 2.75) is 25.4 Å². The van der Waals surface area contributed by atoms with Gasteiger partial charge in [-0.15, -0.1) is 0 Å². The SMILES string of the molecule is O=C(CCc1nc(-c2ccncc2)no1)NCCc1ccc(C(F)(F)F)cc1. The number of hydrogen-bond acceptors (Lipinski definition) is 5. The number of aromatic nitrogens is 3. The Hall–Kier alpha value is -3.23. The Morgan fingerprint density at radius 2 is 1.75 bits per heavy atom. The molecule has 0 radical (unpaired) electrons. The van der Waals surface area contributed by atoms with Crippen molar-refractivity contribution in [3.63, 3.8) is 0 Å². The molecule has 0 fully saturated rings. The lowest BCUT2D eigenvalue weighted by Gasteiger charge is -2.08. The molecule has 0 aliphatic carbocycles. The average Bonchev–Trinajstić information content (AvgIpc) is 3.16. The molecule has 3 rings (SSSR count). The molecule has 1 aromatic carbocycles. The van der Waals surface area contributed by atoms with Crippen LogP contribution in [-0.4, -0.2) is 27.6 Å². The third kappa shape index (κ3) is 5.38. The van der Waals surface area contributed by atoms with Crippen molar-refractivity contribution in [1.82, 2.24) is 20.4 Å². The van der Waals surface area contributed by atoms with E-state index in [1.54, 1.807) is 24.5 Å². The van der Waals surface area contributed by atoms with E-state index >= 15 is 0 Å². The number of benzene rings is 1. The van der Waals surface area contributed by atoms with Crippen LogP contribution < -0.4 is 5.32 Å². The standard InChI is InChI=1S/C19H17F3N4O2/c20-19(21,22)15-3-1-13(2-4-15)7-12-24-16(27)5-6-17-25-18(26-28-17)14-8-10-23-11-9-14/h1-4,8-11H,5-7,12H2,(H,24,27). The molecule has 0 saturated heterocycles. The highest BCUT2D eigenvalue weighted by Crippen LogP contribution is 2.29. The first-order chi connectivity index (χ1) is 13.4. The Bertz CT molecular complexity index is 909. The molecular formula is C19H17F3N4O2. The number of nitrogens with one attached hydrogen (secondary N) is 1. The molecule has 0 saturated carbocycles. The molecule has 6 nitrogen and oxygen atoms in total. The molecule has 0 aliphatic heterocycles. The van der Waals surface area contributed by atoms with E-state index in [9.17, 15) is 18.0 Å². The lowest BCUT2D eigenvalue weighted by Crippen LogP contribution is -2.25. The fourth-order valence-corrected chi connectivity index (χ4v) is 2.49. The van der Waals surface area contributed by atoms with Crippen LogP contribution in [0.2, 0.25) is 0 Å². The summed E-state index contributed by atoms with van der Waals surface area (Å²) >= 11 is 0. The zero-order chi connectivity index (χ0) is 20.0. The number of aryl methyl sites for hydroxylation is 1. The molecule has 28 heavy (non-hydrogen) atoms. The minimum atomic E-state index is -4.35. The van der Waals surface area contributed by atoms with E-state index < -0.39 is 11.7 Å². The van der Waals surface area contributed by atoms with Gasteiger partial charge in [-0.05, 0) is 36.2 Å². The van der Waals surface area contributed by atoms with Gasteiger partial charge in [0.1, 0.15) is 0 Å². The van der Waals surface area contributed by atoms with Gasteiger partial charge >= 0.3 is 6.18 Å². The van der Waals surface area contributed by atoms with Crippen LogP contribution in [0.3, 0.4) is 0 Å². The summed E-state index contributed by atoms with van der Waals surface area (Å²) in [6.07, 6.45) is -0.199. The van der Waals surface area contributed by atoms with Crippen LogP contribution in [0.25, 0.3) is 11.4 Å². The van der Waals surface area contributed by atoms with Gasteiger partial charge in [-0.1, -0.05) is 17.3 Å². The largest absolute Gasteiger partial charge is 0.416 e. The van der Waals surface area contributed by atoms with E-state index in [1.165, 1.54) is 12.1 Å². The molecule has 146 valence electrons. The summed E-state index contributed by atoms with van der Waals surface area (Å²) in [4.78, 5) is 20.1. The third-order valence-corrected chi connectivity index (χ3v) is 3.99. The molecule has 3 aromatic rings. The van der Waals surface area contributed by atoms with Gasteiger partial charge < -0.3 is 9.84 Å². The van der Waals surface area contributed by atoms with Gasteiger partial charge in [0, 0.05) is 37.3 Å². The molecule has 0 aliphatic rings. The van der Waals surface area contributed by atoms with Gasteiger partial charge in [-0.2, -0.15) is 18.2 Å². The summed E-state index contributed by atoms with van der Waals surface area (Å²) in [6.45, 7) is 0.330. The fourth-order valence-electron chi connectivity index (χ4n) is 2.49. The van der Waals surface area contributed by atoms with E-state index in [1.807, 2.05) is 0 Å². The highest BCUT2D eigenvalue weighted by molar-refractivity contribution is 5.76. The fraction of sp³-hybridized carbons (Fsp3) is 0.263. The average molecular weight is 390 g/mol. The molecule has 2 aromatic heterocycles. The second-order valence-corrected chi connectivity index (χ2v) is 6.04. The van der Waals surface area contributed by atoms with Gasteiger partial charge in [0.2, 0.25) is 17.6 Å². The van der Waals surface area contributed by atoms with Gasteiger partial charge in [-0.3, -0.25) is 9.78 Å². The van der Waals surface area contributed by atoms with Crippen LogP contribution in [0.15, 0.2) is 53.3 Å². The summed E-state index contributed by atoms with van der Waals surface area (Å²) in [5, 5.41) is 6.59. The van der Waals surface area contributed by atoms with E-state index in [2.05, 4.69) is 20.4 Å². The van der Waals surface area contributed by atoms with Crippen LogP contribution in [0, 0.1) is 0 Å². The Labute approximate surface area is 158 Å². The zero-order valence-corrected chi connectivity index (χ0v) is 14.7. The number of alkyl halides is 3. The number of amides is 1. The maximum absolute atomic E-state index is 12.5. The summed E-state index contributed by atoms with van der Waals surface area (Å²) in [7, 11) is 0. The van der Waals surface area contributed by atoms with Crippen molar-refractivity contribution in [3.8, 4) is 11.4 Å². The summed E-state index contributed by atoms with van der Waals surface area (Å²) in [6, 6.07) is 8.40. The van der Waals surface area contributed by atoms with Crippen molar-refractivity contribution >= 4 is 5.91 Å². The number of pyridine rings is 1. The third-order valence-electron chi connectivity index (χ3n) is 3.99. The highest BCUT2D eigenvalue weighted by atomic mass is 19.4. The van der Waals surface area contributed by atoms with Crippen molar-refractivity contribution < 1.29 is 22.5 Å². The minimum absolute atomic E-state index is 0.172. The van der Waals surface area contributed by atoms with Crippen molar-refractivity contribution in [3.05, 3.63) is 65.8 Å². The van der Waals surface area contributed by atoms with Crippen molar-refractivity contribution in [1.29, 1.82) is 0 Å². The minimum Gasteiger partial charge on any atom is -0.356 e. The highest BCUT2D eigenvalue weighted by Gasteiger charge is 2.29. The number of hydrogen-bond donors (Lipinski definition) is 1. The van der Waals surface area contributed by atoms with Crippen LogP contribution in [0.4, 0.5) is 13.2 Å². The van der Waals surface area contributed by atoms with Gasteiger partial charge in [-0.25, -0.2) is 0 Å². The number of carbonyl (C=O) groups is 1. The molecule has 0 bridgehead atoms. The van der Waals surface area contributed by atoms with E-state index in [0.29, 0.717) is 36.7 Å². The van der Waals surface area contributed by atoms with Crippen molar-refractivity contribution in [2.75, 3.05) is 6.54 Å². The Morgan fingerprint density at radius 3 is 2.43 bits per heavy atom. The quantitative estimate of drug-likeness (QED) is 0.668. The maximum Gasteiger partial charge on any atom is 0.416 e. The number of carbonyl (C=O) groups excluding carboxylic acids is 1. The molecular weight excluding hydrogens is 373 g/mol. The Kier molecular flexibility index (Phi) is 6.03. The first-order valence-corrected chi connectivity index (χ1v) is 8.57. The predicted octanol–water partition coefficient (Wildman–Crippen LogP) is 3.44. The zero-order valence-electron chi connectivity index (χ0n) is 14.7. The maximum atomic E-state index is 12.5. The van der Waals surface area contributed by atoms with Crippen LogP contribution in [-0.2, 0) is 23.8 Å². The molecule has 9 heteroatoms. The second kappa shape index (κ2) is 8.64. The number of nitrogens with zero attached hydrogens (tertiary/aromatic N) is 3. The molecule has 1 N–H and O–H groups in total. The first kappa shape index (κ1) is 19.5. The summed E-state index contributed by atoms with van der Waals surface area (Å²) in [5.74, 6) is 0.584. The summed E-state index contributed by atoms with van der Waals surface area (Å²) in [5.41, 5.74) is 0.796. The lowest BCUT2D eigenvalue weighted by atomic mass is 10.1. The summed E-state index contributed by atoms with van der Waals surface area (Å²) < 4.78 is 42.7.